The zero-order chi connectivity index (χ0) is 24.8. The van der Waals surface area contributed by atoms with Gasteiger partial charge in [0.15, 0.2) is 5.78 Å². The summed E-state index contributed by atoms with van der Waals surface area (Å²) in [4.78, 5) is 10.8. The zero-order valence-corrected chi connectivity index (χ0v) is 18.9. The molecule has 0 N–H and O–H groups in total. The van der Waals surface area contributed by atoms with E-state index in [9.17, 15) is 35.3 Å². The predicted molar refractivity (Wildman–Crippen MR) is 113 cm³/mol. The molecular formula is C22H23F6NO2S. The van der Waals surface area contributed by atoms with Crippen LogP contribution in [0.3, 0.4) is 0 Å². The topological polar surface area (TPSA) is 46.5 Å². The SMILES string of the molecule is CC(=N[S@](=O)C(C)(C)C)c1cccc(C(F)F)c1F.CC(=O)c1cccc(C(F)F)c1F. The lowest BCUT2D eigenvalue weighted by Crippen LogP contribution is -2.21. The molecule has 0 saturated heterocycles. The van der Waals surface area contributed by atoms with Crippen molar-refractivity contribution in [3.63, 3.8) is 0 Å². The minimum absolute atomic E-state index is 0.0459. The van der Waals surface area contributed by atoms with Crippen LogP contribution in [0.4, 0.5) is 26.3 Å². The summed E-state index contributed by atoms with van der Waals surface area (Å²) in [5.74, 6) is -2.69. The Hall–Kier alpha value is -2.49. The van der Waals surface area contributed by atoms with E-state index in [-0.39, 0.29) is 16.8 Å². The molecule has 0 spiro atoms. The third-order valence-corrected chi connectivity index (χ3v) is 5.53. The molecule has 0 radical (unpaired) electrons. The van der Waals surface area contributed by atoms with Gasteiger partial charge in [0, 0.05) is 5.56 Å². The Morgan fingerprint density at radius 1 is 0.844 bits per heavy atom. The van der Waals surface area contributed by atoms with Gasteiger partial charge in [-0.25, -0.2) is 30.6 Å². The van der Waals surface area contributed by atoms with E-state index in [1.165, 1.54) is 31.2 Å². The van der Waals surface area contributed by atoms with E-state index in [1.54, 1.807) is 20.8 Å². The van der Waals surface area contributed by atoms with E-state index in [0.717, 1.165) is 19.1 Å². The highest BCUT2D eigenvalue weighted by Crippen LogP contribution is 2.25. The van der Waals surface area contributed by atoms with E-state index in [0.29, 0.717) is 0 Å². The van der Waals surface area contributed by atoms with Crippen LogP contribution >= 0.6 is 0 Å². The van der Waals surface area contributed by atoms with Crippen molar-refractivity contribution >= 4 is 22.5 Å². The van der Waals surface area contributed by atoms with Gasteiger partial charge in [0.2, 0.25) is 0 Å². The van der Waals surface area contributed by atoms with Gasteiger partial charge >= 0.3 is 0 Å². The van der Waals surface area contributed by atoms with Crippen molar-refractivity contribution in [2.45, 2.75) is 52.2 Å². The molecule has 0 saturated carbocycles. The minimum atomic E-state index is -2.89. The van der Waals surface area contributed by atoms with E-state index >= 15 is 0 Å². The van der Waals surface area contributed by atoms with Gasteiger partial charge in [0.05, 0.1) is 27.1 Å². The van der Waals surface area contributed by atoms with Crippen molar-refractivity contribution in [3.05, 3.63) is 70.3 Å². The first-order chi connectivity index (χ1) is 14.7. The van der Waals surface area contributed by atoms with Crippen molar-refractivity contribution in [1.82, 2.24) is 0 Å². The second kappa shape index (κ2) is 11.4. The Morgan fingerprint density at radius 2 is 1.25 bits per heavy atom. The van der Waals surface area contributed by atoms with Gasteiger partial charge in [0.1, 0.15) is 22.6 Å². The molecule has 0 aromatic heterocycles. The molecule has 0 unspecified atom stereocenters. The number of halogens is 6. The molecular weight excluding hydrogens is 456 g/mol. The summed E-state index contributed by atoms with van der Waals surface area (Å²) in [5, 5.41) is 0. The molecule has 0 aliphatic carbocycles. The lowest BCUT2D eigenvalue weighted by atomic mass is 10.1. The highest BCUT2D eigenvalue weighted by molar-refractivity contribution is 7.85. The molecule has 32 heavy (non-hydrogen) atoms. The van der Waals surface area contributed by atoms with Gasteiger partial charge in [-0.05, 0) is 40.7 Å². The lowest BCUT2D eigenvalue weighted by molar-refractivity contribution is 0.101. The summed E-state index contributed by atoms with van der Waals surface area (Å²) in [6.07, 6.45) is -5.78. The third-order valence-electron chi connectivity index (χ3n) is 4.04. The van der Waals surface area contributed by atoms with Crippen LogP contribution in [0.5, 0.6) is 0 Å². The fraction of sp³-hybridized carbons (Fsp3) is 0.364. The maximum absolute atomic E-state index is 13.9. The average Bonchev–Trinajstić information content (AvgIpc) is 2.67. The van der Waals surface area contributed by atoms with Crippen LogP contribution in [-0.2, 0) is 11.0 Å². The number of alkyl halides is 4. The summed E-state index contributed by atoms with van der Waals surface area (Å²) >= 11 is 0. The van der Waals surface area contributed by atoms with E-state index in [4.69, 9.17) is 0 Å². The second-order valence-electron chi connectivity index (χ2n) is 7.61. The normalized spacial score (nSPS) is 13.1. The zero-order valence-electron chi connectivity index (χ0n) is 18.1. The lowest BCUT2D eigenvalue weighted by Gasteiger charge is -2.14. The molecule has 176 valence electrons. The average molecular weight is 479 g/mol. The fourth-order valence-corrected chi connectivity index (χ4v) is 2.92. The Bertz CT molecular complexity index is 1020. The van der Waals surface area contributed by atoms with Crippen LogP contribution in [0.15, 0.2) is 40.8 Å². The molecule has 2 aromatic carbocycles. The number of carbonyl (C=O) groups is 1. The molecule has 0 amide bonds. The van der Waals surface area contributed by atoms with Crippen LogP contribution in [0.25, 0.3) is 0 Å². The summed E-state index contributed by atoms with van der Waals surface area (Å²) < 4.78 is 91.5. The standard InChI is InChI=1S/C13H16F3NOS.C9H7F3O/c1-8(17-19(18)13(2,3)4)9-6-5-7-10(11(9)14)12(15)16;1-5(13)6-3-2-4-7(8(6)10)9(11)12/h5-7,12H,1-4H3;2-4,9H,1H3/t19-;/m1./s1. The maximum Gasteiger partial charge on any atom is 0.266 e. The number of hydrogen-bond acceptors (Lipinski definition) is 2. The molecule has 0 aliphatic rings. The minimum Gasteiger partial charge on any atom is -0.294 e. The second-order valence-corrected chi connectivity index (χ2v) is 9.52. The summed E-state index contributed by atoms with van der Waals surface area (Å²) in [7, 11) is -1.56. The summed E-state index contributed by atoms with van der Waals surface area (Å²) in [5.41, 5.74) is -1.59. The quantitative estimate of drug-likeness (QED) is 0.263. The van der Waals surface area contributed by atoms with E-state index < -0.39 is 57.1 Å². The van der Waals surface area contributed by atoms with Crippen molar-refractivity contribution in [2.75, 3.05) is 0 Å². The number of ketones is 1. The van der Waals surface area contributed by atoms with Crippen LogP contribution in [0.2, 0.25) is 0 Å². The highest BCUT2D eigenvalue weighted by Gasteiger charge is 2.22. The number of carbonyl (C=O) groups excluding carboxylic acids is 1. The summed E-state index contributed by atoms with van der Waals surface area (Å²) in [6, 6.07) is 7.09. The molecule has 0 bridgehead atoms. The number of hydrogen-bond donors (Lipinski definition) is 0. The van der Waals surface area contributed by atoms with Crippen molar-refractivity contribution < 1.29 is 35.3 Å². The predicted octanol–water partition coefficient (Wildman–Crippen LogP) is 7.00. The van der Waals surface area contributed by atoms with Crippen LogP contribution < -0.4 is 0 Å². The van der Waals surface area contributed by atoms with Gasteiger partial charge in [-0.3, -0.25) is 4.79 Å². The third kappa shape index (κ3) is 7.29. The first-order valence-electron chi connectivity index (χ1n) is 9.30. The fourth-order valence-electron chi connectivity index (χ4n) is 2.30. The maximum atomic E-state index is 13.9. The smallest absolute Gasteiger partial charge is 0.266 e. The number of rotatable bonds is 5. The first kappa shape index (κ1) is 27.5. The van der Waals surface area contributed by atoms with E-state index in [1.807, 2.05) is 0 Å². The van der Waals surface area contributed by atoms with Crippen LogP contribution in [0, 0.1) is 11.6 Å². The number of benzene rings is 2. The van der Waals surface area contributed by atoms with Gasteiger partial charge in [-0.2, -0.15) is 4.40 Å². The van der Waals surface area contributed by atoms with Crippen LogP contribution in [-0.4, -0.2) is 20.5 Å². The van der Waals surface area contributed by atoms with Gasteiger partial charge < -0.3 is 0 Å². The molecule has 2 aromatic rings. The molecule has 3 nitrogen and oxygen atoms in total. The number of Topliss-reactive ketones (excluding diaryl/α,β-unsaturated/α-hetero) is 1. The van der Waals surface area contributed by atoms with Crippen LogP contribution in [0.1, 0.15) is 74.5 Å². The monoisotopic (exact) mass is 479 g/mol. The van der Waals surface area contributed by atoms with Crippen molar-refractivity contribution in [3.8, 4) is 0 Å². The molecule has 1 atom stereocenters. The van der Waals surface area contributed by atoms with Gasteiger partial charge in [0.25, 0.3) is 12.9 Å². The molecule has 0 aliphatic heterocycles. The van der Waals surface area contributed by atoms with E-state index in [2.05, 4.69) is 4.40 Å². The molecule has 0 fully saturated rings. The largest absolute Gasteiger partial charge is 0.294 e. The molecule has 2 rings (SSSR count). The molecule has 10 heteroatoms. The number of nitrogens with zero attached hydrogens (tertiary/aromatic N) is 1. The van der Waals surface area contributed by atoms with Crippen molar-refractivity contribution in [2.24, 2.45) is 4.40 Å². The Balaban J connectivity index is 0.000000343. The first-order valence-corrected chi connectivity index (χ1v) is 10.4. The van der Waals surface area contributed by atoms with Crippen molar-refractivity contribution in [1.29, 1.82) is 0 Å². The van der Waals surface area contributed by atoms with Gasteiger partial charge in [-0.1, -0.05) is 30.3 Å². The molecule has 0 heterocycles. The summed E-state index contributed by atoms with van der Waals surface area (Å²) in [6.45, 7) is 7.77. The Morgan fingerprint density at radius 3 is 1.62 bits per heavy atom. The Kier molecular flexibility index (Phi) is 9.81. The van der Waals surface area contributed by atoms with Gasteiger partial charge in [-0.15, -0.1) is 0 Å². The highest BCUT2D eigenvalue weighted by atomic mass is 32.2. The Labute approximate surface area is 185 Å².